The summed E-state index contributed by atoms with van der Waals surface area (Å²) in [4.78, 5) is 20.0. The summed E-state index contributed by atoms with van der Waals surface area (Å²) >= 11 is 0. The highest BCUT2D eigenvalue weighted by Crippen LogP contribution is 2.29. The number of carbonyl (C=O) groups is 1. The molecule has 6 nitrogen and oxygen atoms in total. The number of rotatable bonds is 4. The summed E-state index contributed by atoms with van der Waals surface area (Å²) in [5.41, 5.74) is 0.937. The van der Waals surface area contributed by atoms with Crippen LogP contribution in [0.5, 0.6) is 11.5 Å². The van der Waals surface area contributed by atoms with E-state index in [1.54, 1.807) is 32.2 Å². The van der Waals surface area contributed by atoms with Crippen molar-refractivity contribution >= 4 is 11.6 Å². The van der Waals surface area contributed by atoms with Crippen molar-refractivity contribution < 1.29 is 14.3 Å². The molecule has 0 bridgehead atoms. The molecule has 0 atom stereocenters. The van der Waals surface area contributed by atoms with Crippen molar-refractivity contribution in [2.45, 2.75) is 6.92 Å². The van der Waals surface area contributed by atoms with Gasteiger partial charge in [0, 0.05) is 18.5 Å². The number of carbonyl (C=O) groups excluding carboxylic acids is 1. The van der Waals surface area contributed by atoms with Gasteiger partial charge in [0.05, 0.1) is 25.5 Å². The lowest BCUT2D eigenvalue weighted by Gasteiger charge is -2.11. The van der Waals surface area contributed by atoms with E-state index in [1.807, 2.05) is 0 Å². The predicted octanol–water partition coefficient (Wildman–Crippen LogP) is 2.05. The van der Waals surface area contributed by atoms with E-state index in [0.717, 1.165) is 0 Å². The molecule has 0 saturated heterocycles. The fourth-order valence-corrected chi connectivity index (χ4v) is 1.61. The first-order valence-electron chi connectivity index (χ1n) is 5.96. The van der Waals surface area contributed by atoms with E-state index < -0.39 is 0 Å². The zero-order valence-electron chi connectivity index (χ0n) is 11.5. The van der Waals surface area contributed by atoms with Crippen LogP contribution in [0.1, 0.15) is 16.2 Å². The normalized spacial score (nSPS) is 9.95. The van der Waals surface area contributed by atoms with E-state index in [4.69, 9.17) is 9.47 Å². The number of aryl methyl sites for hydroxylation is 1. The summed E-state index contributed by atoms with van der Waals surface area (Å²) < 4.78 is 10.3. The molecule has 0 spiro atoms. The second-order valence-corrected chi connectivity index (χ2v) is 4.04. The van der Waals surface area contributed by atoms with Crippen LogP contribution in [0.3, 0.4) is 0 Å². The maximum atomic E-state index is 12.1. The lowest BCUT2D eigenvalue weighted by atomic mass is 10.2. The van der Waals surface area contributed by atoms with Gasteiger partial charge in [-0.2, -0.15) is 0 Å². The van der Waals surface area contributed by atoms with Crippen LogP contribution in [0.15, 0.2) is 30.6 Å². The van der Waals surface area contributed by atoms with Gasteiger partial charge in [0.25, 0.3) is 5.91 Å². The van der Waals surface area contributed by atoms with E-state index in [1.165, 1.54) is 19.5 Å². The van der Waals surface area contributed by atoms with Crippen LogP contribution < -0.4 is 14.8 Å². The van der Waals surface area contributed by atoms with Crippen molar-refractivity contribution in [1.29, 1.82) is 0 Å². The fourth-order valence-electron chi connectivity index (χ4n) is 1.61. The lowest BCUT2D eigenvalue weighted by molar-refractivity contribution is 0.102. The molecule has 20 heavy (non-hydrogen) atoms. The highest BCUT2D eigenvalue weighted by Gasteiger charge is 2.11. The Kier molecular flexibility index (Phi) is 4.14. The molecule has 104 valence electrons. The average molecular weight is 273 g/mol. The van der Waals surface area contributed by atoms with Crippen molar-refractivity contribution in [2.24, 2.45) is 0 Å². The Morgan fingerprint density at radius 2 is 1.85 bits per heavy atom. The van der Waals surface area contributed by atoms with Gasteiger partial charge >= 0.3 is 0 Å². The first-order chi connectivity index (χ1) is 9.63. The minimum atomic E-state index is -0.298. The van der Waals surface area contributed by atoms with Gasteiger partial charge in [0.1, 0.15) is 17.3 Å². The van der Waals surface area contributed by atoms with Gasteiger partial charge in [-0.25, -0.2) is 9.97 Å². The number of amides is 1. The Balaban J connectivity index is 2.21. The highest BCUT2D eigenvalue weighted by atomic mass is 16.5. The molecule has 0 unspecified atom stereocenters. The number of anilines is 1. The zero-order chi connectivity index (χ0) is 14.5. The Morgan fingerprint density at radius 1 is 1.15 bits per heavy atom. The maximum Gasteiger partial charge on any atom is 0.258 e. The summed E-state index contributed by atoms with van der Waals surface area (Å²) in [7, 11) is 3.09. The summed E-state index contributed by atoms with van der Waals surface area (Å²) in [6.07, 6.45) is 2.96. The van der Waals surface area contributed by atoms with Crippen molar-refractivity contribution in [3.63, 3.8) is 0 Å². The minimum Gasteiger partial charge on any atom is -0.497 e. The average Bonchev–Trinajstić information content (AvgIpc) is 2.48. The Labute approximate surface area is 116 Å². The van der Waals surface area contributed by atoms with Gasteiger partial charge in [-0.15, -0.1) is 0 Å². The van der Waals surface area contributed by atoms with E-state index in [2.05, 4.69) is 15.3 Å². The first-order valence-corrected chi connectivity index (χ1v) is 5.96. The summed E-state index contributed by atoms with van der Waals surface area (Å²) in [5, 5.41) is 2.75. The van der Waals surface area contributed by atoms with Crippen LogP contribution in [0, 0.1) is 6.92 Å². The molecule has 0 fully saturated rings. The van der Waals surface area contributed by atoms with Crippen LogP contribution in [0.25, 0.3) is 0 Å². The Hall–Kier alpha value is -2.63. The molecule has 2 rings (SSSR count). The third kappa shape index (κ3) is 3.03. The van der Waals surface area contributed by atoms with Gasteiger partial charge < -0.3 is 14.8 Å². The van der Waals surface area contributed by atoms with E-state index in [0.29, 0.717) is 28.6 Å². The molecule has 1 aromatic carbocycles. The first kappa shape index (κ1) is 13.8. The minimum absolute atomic E-state index is 0.298. The van der Waals surface area contributed by atoms with Crippen LogP contribution >= 0.6 is 0 Å². The molecule has 0 aliphatic heterocycles. The number of aromatic nitrogens is 2. The van der Waals surface area contributed by atoms with Crippen molar-refractivity contribution in [2.75, 3.05) is 19.5 Å². The van der Waals surface area contributed by atoms with E-state index in [-0.39, 0.29) is 5.91 Å². The van der Waals surface area contributed by atoms with Crippen LogP contribution in [-0.4, -0.2) is 30.1 Å². The molecule has 1 aromatic heterocycles. The van der Waals surface area contributed by atoms with Crippen molar-refractivity contribution in [3.05, 3.63) is 42.0 Å². The Morgan fingerprint density at radius 3 is 2.45 bits per heavy atom. The van der Waals surface area contributed by atoms with Gasteiger partial charge in [-0.05, 0) is 19.1 Å². The van der Waals surface area contributed by atoms with Gasteiger partial charge in [-0.3, -0.25) is 4.79 Å². The van der Waals surface area contributed by atoms with E-state index in [9.17, 15) is 4.79 Å². The summed E-state index contributed by atoms with van der Waals surface area (Å²) in [6, 6.07) is 5.15. The molecule has 0 aliphatic rings. The number of nitrogens with one attached hydrogen (secondary N) is 1. The van der Waals surface area contributed by atoms with Crippen LogP contribution in [0.4, 0.5) is 5.69 Å². The van der Waals surface area contributed by atoms with Crippen LogP contribution in [0.2, 0.25) is 0 Å². The molecular formula is C14H15N3O3. The van der Waals surface area contributed by atoms with Crippen LogP contribution in [-0.2, 0) is 0 Å². The molecule has 0 radical (unpaired) electrons. The standard InChI is InChI=1S/C14H15N3O3/c1-9-15-7-10(8-16-9)14(18)17-12-5-4-11(19-2)6-13(12)20-3/h4-8H,1-3H3,(H,17,18). The topological polar surface area (TPSA) is 73.3 Å². The second-order valence-electron chi connectivity index (χ2n) is 4.04. The number of methoxy groups -OCH3 is 2. The second kappa shape index (κ2) is 6.01. The van der Waals surface area contributed by atoms with Gasteiger partial charge in [0.2, 0.25) is 0 Å². The number of nitrogens with zero attached hydrogens (tertiary/aromatic N) is 2. The number of ether oxygens (including phenoxy) is 2. The van der Waals surface area contributed by atoms with Crippen molar-refractivity contribution in [1.82, 2.24) is 9.97 Å². The SMILES string of the molecule is COc1ccc(NC(=O)c2cnc(C)nc2)c(OC)c1. The molecule has 0 aliphatic carbocycles. The maximum absolute atomic E-state index is 12.1. The van der Waals surface area contributed by atoms with Gasteiger partial charge in [-0.1, -0.05) is 0 Å². The highest BCUT2D eigenvalue weighted by molar-refractivity contribution is 6.04. The fraction of sp³-hybridized carbons (Fsp3) is 0.214. The monoisotopic (exact) mass is 273 g/mol. The zero-order valence-corrected chi connectivity index (χ0v) is 11.5. The summed E-state index contributed by atoms with van der Waals surface area (Å²) in [5.74, 6) is 1.49. The van der Waals surface area contributed by atoms with Gasteiger partial charge in [0.15, 0.2) is 0 Å². The molecule has 0 saturated carbocycles. The molecule has 1 amide bonds. The summed E-state index contributed by atoms with van der Waals surface area (Å²) in [6.45, 7) is 1.76. The number of hydrogen-bond acceptors (Lipinski definition) is 5. The Bertz CT molecular complexity index is 612. The lowest BCUT2D eigenvalue weighted by Crippen LogP contribution is -2.13. The third-order valence-electron chi connectivity index (χ3n) is 2.70. The third-order valence-corrected chi connectivity index (χ3v) is 2.70. The molecule has 1 heterocycles. The van der Waals surface area contributed by atoms with Crippen molar-refractivity contribution in [3.8, 4) is 11.5 Å². The number of hydrogen-bond donors (Lipinski definition) is 1. The quantitative estimate of drug-likeness (QED) is 0.923. The molecule has 2 aromatic rings. The predicted molar refractivity (Wildman–Crippen MR) is 74.3 cm³/mol. The van der Waals surface area contributed by atoms with E-state index >= 15 is 0 Å². The number of benzene rings is 1. The molecule has 6 heteroatoms. The molecular weight excluding hydrogens is 258 g/mol. The smallest absolute Gasteiger partial charge is 0.258 e. The molecule has 1 N–H and O–H groups in total. The largest absolute Gasteiger partial charge is 0.497 e.